The van der Waals surface area contributed by atoms with Crippen LogP contribution in [0.5, 0.6) is 0 Å². The Morgan fingerprint density at radius 1 is 1.38 bits per heavy atom. The maximum Gasteiger partial charge on any atom is 0.251 e. The van der Waals surface area contributed by atoms with Crippen molar-refractivity contribution in [2.24, 2.45) is 0 Å². The number of rotatable bonds is 6. The first-order valence-electron chi connectivity index (χ1n) is 8.32. The third-order valence-electron chi connectivity index (χ3n) is 4.14. The molecule has 1 fully saturated rings. The lowest BCUT2D eigenvalue weighted by Crippen LogP contribution is -2.25. The van der Waals surface area contributed by atoms with E-state index in [4.69, 9.17) is 6.42 Å². The van der Waals surface area contributed by atoms with Crippen molar-refractivity contribution < 1.29 is 4.79 Å². The first kappa shape index (κ1) is 17.8. The number of hydrogen-bond acceptors (Lipinski definition) is 1. The van der Waals surface area contributed by atoms with Gasteiger partial charge in [-0.3, -0.25) is 4.79 Å². The predicted octanol–water partition coefficient (Wildman–Crippen LogP) is 4.73. The maximum atomic E-state index is 12.4. The van der Waals surface area contributed by atoms with Crippen molar-refractivity contribution >= 4 is 11.5 Å². The number of carbonyl (C=O) groups is 1. The molecule has 0 aromatic heterocycles. The molecule has 0 aliphatic heterocycles. The lowest BCUT2D eigenvalue weighted by atomic mass is 9.92. The molecular weight excluding hydrogens is 294 g/mol. The molecule has 24 heavy (non-hydrogen) atoms. The van der Waals surface area contributed by atoms with Crippen molar-refractivity contribution in [3.8, 4) is 12.3 Å². The standard InChI is InChI=1S/C22H25NO/c1-6-7-8-18(10-9-15(2)3)21-14-19(13-16(4)17(21)5)22(24)23-20-11-12-20/h1,8-10,13-14,20H,2,7,11-12H2,3-5H3,(H,23,24)/b10-9-,18-8+. The number of benzene rings is 1. The summed E-state index contributed by atoms with van der Waals surface area (Å²) in [5.74, 6) is 2.65. The van der Waals surface area contributed by atoms with Crippen molar-refractivity contribution in [1.29, 1.82) is 0 Å². The Bertz CT molecular complexity index is 755. The number of allylic oxidation sites excluding steroid dienone is 5. The minimum Gasteiger partial charge on any atom is -0.349 e. The van der Waals surface area contributed by atoms with Crippen LogP contribution in [0, 0.1) is 26.2 Å². The molecule has 1 N–H and O–H groups in total. The van der Waals surface area contributed by atoms with Crippen LogP contribution in [0.25, 0.3) is 5.57 Å². The molecule has 0 heterocycles. The van der Waals surface area contributed by atoms with Crippen molar-refractivity contribution in [2.45, 2.75) is 46.1 Å². The Morgan fingerprint density at radius 3 is 2.67 bits per heavy atom. The summed E-state index contributed by atoms with van der Waals surface area (Å²) in [5, 5.41) is 3.05. The molecule has 0 atom stereocenters. The molecule has 0 radical (unpaired) electrons. The molecule has 124 valence electrons. The van der Waals surface area contributed by atoms with Gasteiger partial charge in [0.25, 0.3) is 5.91 Å². The summed E-state index contributed by atoms with van der Waals surface area (Å²) in [6, 6.07) is 4.27. The zero-order valence-electron chi connectivity index (χ0n) is 14.8. The summed E-state index contributed by atoms with van der Waals surface area (Å²) in [6.07, 6.45) is 14.1. The highest BCUT2D eigenvalue weighted by molar-refractivity contribution is 5.96. The second-order valence-corrected chi connectivity index (χ2v) is 6.46. The van der Waals surface area contributed by atoms with Crippen LogP contribution in [-0.4, -0.2) is 11.9 Å². The molecule has 1 amide bonds. The van der Waals surface area contributed by atoms with E-state index >= 15 is 0 Å². The predicted molar refractivity (Wildman–Crippen MR) is 102 cm³/mol. The van der Waals surface area contributed by atoms with Crippen molar-refractivity contribution in [1.82, 2.24) is 5.32 Å². The van der Waals surface area contributed by atoms with Crippen LogP contribution < -0.4 is 5.32 Å². The molecule has 0 unspecified atom stereocenters. The lowest BCUT2D eigenvalue weighted by Gasteiger charge is -2.13. The van der Waals surface area contributed by atoms with Crippen LogP contribution in [0.4, 0.5) is 0 Å². The van der Waals surface area contributed by atoms with Gasteiger partial charge < -0.3 is 5.32 Å². The second-order valence-electron chi connectivity index (χ2n) is 6.46. The Hall–Kier alpha value is -2.53. The van der Waals surface area contributed by atoms with E-state index in [2.05, 4.69) is 24.7 Å². The number of carbonyl (C=O) groups excluding carboxylic acids is 1. The second kappa shape index (κ2) is 7.84. The smallest absolute Gasteiger partial charge is 0.251 e. The molecule has 0 spiro atoms. The summed E-state index contributed by atoms with van der Waals surface area (Å²) in [5.41, 5.74) is 6.01. The molecule has 2 heteroatoms. The molecular formula is C22H25NO. The van der Waals surface area contributed by atoms with Gasteiger partial charge in [0.1, 0.15) is 0 Å². The fourth-order valence-electron chi connectivity index (χ4n) is 2.46. The first-order chi connectivity index (χ1) is 11.4. The van der Waals surface area contributed by atoms with Crippen molar-refractivity contribution in [3.63, 3.8) is 0 Å². The SMILES string of the molecule is C#CC/C=C(\C=C/C(=C)C)c1cc(C(=O)NC2CC2)cc(C)c1C. The van der Waals surface area contributed by atoms with Gasteiger partial charge in [0.2, 0.25) is 0 Å². The molecule has 0 bridgehead atoms. The van der Waals surface area contributed by atoms with Crippen LogP contribution in [-0.2, 0) is 0 Å². The average molecular weight is 319 g/mol. The number of aryl methyl sites for hydroxylation is 1. The molecule has 1 aromatic carbocycles. The fourth-order valence-corrected chi connectivity index (χ4v) is 2.46. The van der Waals surface area contributed by atoms with E-state index in [1.165, 1.54) is 0 Å². The highest BCUT2D eigenvalue weighted by Gasteiger charge is 2.24. The third-order valence-corrected chi connectivity index (χ3v) is 4.14. The van der Waals surface area contributed by atoms with E-state index in [1.54, 1.807) is 0 Å². The van der Waals surface area contributed by atoms with Crippen LogP contribution in [0.1, 0.15) is 53.2 Å². The van der Waals surface area contributed by atoms with Crippen LogP contribution in [0.15, 0.2) is 42.5 Å². The number of hydrogen-bond donors (Lipinski definition) is 1. The van der Waals surface area contributed by atoms with Gasteiger partial charge in [0, 0.05) is 18.0 Å². The van der Waals surface area contributed by atoms with E-state index in [9.17, 15) is 4.79 Å². The van der Waals surface area contributed by atoms with Crippen LogP contribution >= 0.6 is 0 Å². The minimum absolute atomic E-state index is 0.00188. The molecule has 1 aliphatic rings. The van der Waals surface area contributed by atoms with E-state index in [0.29, 0.717) is 18.0 Å². The van der Waals surface area contributed by atoms with Crippen molar-refractivity contribution in [2.75, 3.05) is 0 Å². The highest BCUT2D eigenvalue weighted by atomic mass is 16.1. The molecule has 2 nitrogen and oxygen atoms in total. The third kappa shape index (κ3) is 4.73. The Morgan fingerprint density at radius 2 is 2.08 bits per heavy atom. The summed E-state index contributed by atoms with van der Waals surface area (Å²) in [4.78, 5) is 12.4. The van der Waals surface area contributed by atoms with Gasteiger partial charge in [-0.15, -0.1) is 12.3 Å². The average Bonchev–Trinajstić information content (AvgIpc) is 3.34. The molecule has 2 rings (SSSR count). The van der Waals surface area contributed by atoms with Gasteiger partial charge in [-0.05, 0) is 68.0 Å². The lowest BCUT2D eigenvalue weighted by molar-refractivity contribution is 0.0951. The molecule has 1 aliphatic carbocycles. The quantitative estimate of drug-likeness (QED) is 0.596. The van der Waals surface area contributed by atoms with Crippen LogP contribution in [0.3, 0.4) is 0 Å². The normalized spacial score (nSPS) is 14.5. The maximum absolute atomic E-state index is 12.4. The highest BCUT2D eigenvalue weighted by Crippen LogP contribution is 2.26. The van der Waals surface area contributed by atoms with Gasteiger partial charge in [-0.25, -0.2) is 0 Å². The first-order valence-corrected chi connectivity index (χ1v) is 8.32. The Balaban J connectivity index is 2.44. The summed E-state index contributed by atoms with van der Waals surface area (Å²) >= 11 is 0. The van der Waals surface area contributed by atoms with Gasteiger partial charge in [0.15, 0.2) is 0 Å². The van der Waals surface area contributed by atoms with Gasteiger partial charge in [-0.2, -0.15) is 0 Å². The number of terminal acetylenes is 1. The summed E-state index contributed by atoms with van der Waals surface area (Å²) < 4.78 is 0. The van der Waals surface area contributed by atoms with Gasteiger partial charge in [0.05, 0.1) is 0 Å². The molecule has 0 saturated heterocycles. The zero-order chi connectivity index (χ0) is 17.7. The van der Waals surface area contributed by atoms with E-state index in [-0.39, 0.29) is 5.91 Å². The van der Waals surface area contributed by atoms with E-state index in [1.807, 2.05) is 44.2 Å². The van der Waals surface area contributed by atoms with Crippen molar-refractivity contribution in [3.05, 3.63) is 64.8 Å². The minimum atomic E-state index is 0.00188. The number of amides is 1. The Kier molecular flexibility index (Phi) is 5.82. The Labute approximate surface area is 145 Å². The monoisotopic (exact) mass is 319 g/mol. The summed E-state index contributed by atoms with van der Waals surface area (Å²) in [6.45, 7) is 9.97. The summed E-state index contributed by atoms with van der Waals surface area (Å²) in [7, 11) is 0. The van der Waals surface area contributed by atoms with Crippen LogP contribution in [0.2, 0.25) is 0 Å². The van der Waals surface area contributed by atoms with E-state index < -0.39 is 0 Å². The van der Waals surface area contributed by atoms with Gasteiger partial charge >= 0.3 is 0 Å². The fraction of sp³-hybridized carbons (Fsp3) is 0.318. The van der Waals surface area contributed by atoms with E-state index in [0.717, 1.165) is 40.7 Å². The number of nitrogens with one attached hydrogen (secondary N) is 1. The molecule has 1 aromatic rings. The zero-order valence-corrected chi connectivity index (χ0v) is 14.8. The topological polar surface area (TPSA) is 29.1 Å². The molecule has 1 saturated carbocycles. The largest absolute Gasteiger partial charge is 0.349 e. The van der Waals surface area contributed by atoms with Gasteiger partial charge in [-0.1, -0.05) is 30.4 Å².